The van der Waals surface area contributed by atoms with Gasteiger partial charge in [-0.25, -0.2) is 5.43 Å². The third-order valence-electron chi connectivity index (χ3n) is 2.80. The smallest absolute Gasteiger partial charge is 0.119 e. The van der Waals surface area contributed by atoms with E-state index in [2.05, 4.69) is 23.8 Å². The monoisotopic (exact) mass is 248 g/mol. The van der Waals surface area contributed by atoms with Crippen molar-refractivity contribution < 1.29 is 4.74 Å². The van der Waals surface area contributed by atoms with Gasteiger partial charge in [-0.3, -0.25) is 5.84 Å². The summed E-state index contributed by atoms with van der Waals surface area (Å²) in [6, 6.07) is 10.1. The fourth-order valence-electron chi connectivity index (χ4n) is 1.88. The van der Waals surface area contributed by atoms with E-state index in [4.69, 9.17) is 10.6 Å². The Morgan fingerprint density at radius 2 is 2.18 bits per heavy atom. The average Bonchev–Trinajstić information content (AvgIpc) is 2.77. The fraction of sp³-hybridized carbons (Fsp3) is 0.231. The molecule has 2 aromatic rings. The van der Waals surface area contributed by atoms with Crippen LogP contribution in [0, 0.1) is 6.92 Å². The Balaban J connectivity index is 2.38. The highest BCUT2D eigenvalue weighted by Gasteiger charge is 2.15. The predicted octanol–water partition coefficient (Wildman–Crippen LogP) is 2.62. The van der Waals surface area contributed by atoms with Crippen molar-refractivity contribution in [2.45, 2.75) is 13.0 Å². The number of rotatable bonds is 4. The second-order valence-corrected chi connectivity index (χ2v) is 4.93. The highest BCUT2D eigenvalue weighted by atomic mass is 32.1. The summed E-state index contributed by atoms with van der Waals surface area (Å²) >= 11 is 1.73. The van der Waals surface area contributed by atoms with Crippen LogP contribution in [0.1, 0.15) is 22.0 Å². The lowest BCUT2D eigenvalue weighted by molar-refractivity contribution is 0.413. The number of hydrogen-bond donors (Lipinski definition) is 2. The van der Waals surface area contributed by atoms with Gasteiger partial charge in [0, 0.05) is 4.88 Å². The summed E-state index contributed by atoms with van der Waals surface area (Å²) < 4.78 is 5.23. The second-order valence-electron chi connectivity index (χ2n) is 3.81. The maximum absolute atomic E-state index is 5.67. The van der Waals surface area contributed by atoms with E-state index >= 15 is 0 Å². The minimum Gasteiger partial charge on any atom is -0.497 e. The molecule has 0 aliphatic heterocycles. The molecule has 0 spiro atoms. The van der Waals surface area contributed by atoms with E-state index in [0.717, 1.165) is 11.3 Å². The Morgan fingerprint density at radius 1 is 1.35 bits per heavy atom. The van der Waals surface area contributed by atoms with E-state index in [1.54, 1.807) is 18.4 Å². The molecular formula is C13H16N2OS. The number of nitrogens with two attached hydrogens (primary N) is 1. The summed E-state index contributed by atoms with van der Waals surface area (Å²) in [5.74, 6) is 6.51. The number of ether oxygens (including phenoxy) is 1. The lowest BCUT2D eigenvalue weighted by atomic mass is 10.00. The number of benzene rings is 1. The number of aryl methyl sites for hydroxylation is 1. The molecule has 0 bridgehead atoms. The number of hydrazine groups is 1. The van der Waals surface area contributed by atoms with Crippen LogP contribution in [-0.2, 0) is 0 Å². The van der Waals surface area contributed by atoms with Crippen molar-refractivity contribution in [3.05, 3.63) is 51.7 Å². The lowest BCUT2D eigenvalue weighted by Gasteiger charge is -2.17. The first kappa shape index (κ1) is 12.1. The summed E-state index contributed by atoms with van der Waals surface area (Å²) in [5.41, 5.74) is 5.18. The molecule has 0 fully saturated rings. The van der Waals surface area contributed by atoms with Crippen molar-refractivity contribution in [2.24, 2.45) is 5.84 Å². The molecular weight excluding hydrogens is 232 g/mol. The van der Waals surface area contributed by atoms with Gasteiger partial charge >= 0.3 is 0 Å². The molecule has 1 aromatic carbocycles. The first-order chi connectivity index (χ1) is 8.26. The molecule has 0 radical (unpaired) electrons. The molecule has 3 nitrogen and oxygen atoms in total. The van der Waals surface area contributed by atoms with E-state index in [1.165, 1.54) is 10.4 Å². The molecule has 1 heterocycles. The Kier molecular flexibility index (Phi) is 3.78. The minimum atomic E-state index is 0.0105. The van der Waals surface area contributed by atoms with Crippen LogP contribution < -0.4 is 16.0 Å². The highest BCUT2D eigenvalue weighted by Crippen LogP contribution is 2.29. The zero-order valence-corrected chi connectivity index (χ0v) is 10.8. The third-order valence-corrected chi connectivity index (χ3v) is 3.67. The largest absolute Gasteiger partial charge is 0.497 e. The van der Waals surface area contributed by atoms with Gasteiger partial charge in [0.2, 0.25) is 0 Å². The molecule has 0 saturated carbocycles. The Morgan fingerprint density at radius 3 is 2.76 bits per heavy atom. The molecule has 0 aliphatic rings. The summed E-state index contributed by atoms with van der Waals surface area (Å²) in [7, 11) is 1.67. The van der Waals surface area contributed by atoms with Crippen LogP contribution in [-0.4, -0.2) is 7.11 Å². The molecule has 3 N–H and O–H groups in total. The average molecular weight is 248 g/mol. The first-order valence-electron chi connectivity index (χ1n) is 5.40. The number of methoxy groups -OCH3 is 1. The SMILES string of the molecule is COc1cccc(C(NN)c2ccsc2C)c1. The van der Waals surface area contributed by atoms with Gasteiger partial charge in [0.15, 0.2) is 0 Å². The zero-order chi connectivity index (χ0) is 12.3. The van der Waals surface area contributed by atoms with E-state index in [9.17, 15) is 0 Å². The molecule has 0 saturated heterocycles. The molecule has 1 aromatic heterocycles. The maximum Gasteiger partial charge on any atom is 0.119 e. The first-order valence-corrected chi connectivity index (χ1v) is 6.28. The molecule has 17 heavy (non-hydrogen) atoms. The molecule has 1 unspecified atom stereocenters. The Hall–Kier alpha value is -1.36. The summed E-state index contributed by atoms with van der Waals surface area (Å²) in [6.45, 7) is 2.10. The lowest BCUT2D eigenvalue weighted by Crippen LogP contribution is -2.28. The highest BCUT2D eigenvalue weighted by molar-refractivity contribution is 7.10. The summed E-state index contributed by atoms with van der Waals surface area (Å²) in [4.78, 5) is 1.27. The summed E-state index contributed by atoms with van der Waals surface area (Å²) in [5, 5.41) is 2.08. The van der Waals surface area contributed by atoms with E-state index in [0.29, 0.717) is 0 Å². The zero-order valence-electron chi connectivity index (χ0n) is 9.94. The molecule has 1 atom stereocenters. The van der Waals surface area contributed by atoms with Gasteiger partial charge in [0.05, 0.1) is 13.2 Å². The van der Waals surface area contributed by atoms with Crippen LogP contribution in [0.4, 0.5) is 0 Å². The molecule has 0 aliphatic carbocycles. The normalized spacial score (nSPS) is 12.4. The van der Waals surface area contributed by atoms with Crippen LogP contribution in [0.2, 0.25) is 0 Å². The van der Waals surface area contributed by atoms with Crippen molar-refractivity contribution in [1.82, 2.24) is 5.43 Å². The van der Waals surface area contributed by atoms with E-state index in [-0.39, 0.29) is 6.04 Å². The molecule has 90 valence electrons. The van der Waals surface area contributed by atoms with E-state index in [1.807, 2.05) is 24.3 Å². The van der Waals surface area contributed by atoms with Crippen LogP contribution in [0.15, 0.2) is 35.7 Å². The van der Waals surface area contributed by atoms with Gasteiger partial charge in [0.1, 0.15) is 5.75 Å². The van der Waals surface area contributed by atoms with Gasteiger partial charge in [-0.2, -0.15) is 0 Å². The second kappa shape index (κ2) is 5.31. The van der Waals surface area contributed by atoms with Gasteiger partial charge in [-0.1, -0.05) is 12.1 Å². The Bertz CT molecular complexity index is 496. The van der Waals surface area contributed by atoms with Gasteiger partial charge in [0.25, 0.3) is 0 Å². The van der Waals surface area contributed by atoms with Crippen molar-refractivity contribution in [1.29, 1.82) is 0 Å². The van der Waals surface area contributed by atoms with Gasteiger partial charge < -0.3 is 4.74 Å². The van der Waals surface area contributed by atoms with Crippen LogP contribution in [0.25, 0.3) is 0 Å². The number of thiophene rings is 1. The standard InChI is InChI=1S/C13H16N2OS/c1-9-12(6-7-17-9)13(15-14)10-4-3-5-11(8-10)16-2/h3-8,13,15H,14H2,1-2H3. The van der Waals surface area contributed by atoms with Crippen molar-refractivity contribution in [3.63, 3.8) is 0 Å². The fourth-order valence-corrected chi connectivity index (χ4v) is 2.62. The molecule has 0 amide bonds. The predicted molar refractivity (Wildman–Crippen MR) is 71.2 cm³/mol. The van der Waals surface area contributed by atoms with Gasteiger partial charge in [-0.15, -0.1) is 11.3 Å². The minimum absolute atomic E-state index is 0.0105. The van der Waals surface area contributed by atoms with Crippen molar-refractivity contribution in [3.8, 4) is 5.75 Å². The van der Waals surface area contributed by atoms with Crippen molar-refractivity contribution >= 4 is 11.3 Å². The maximum atomic E-state index is 5.67. The quantitative estimate of drug-likeness (QED) is 0.646. The van der Waals surface area contributed by atoms with Crippen LogP contribution >= 0.6 is 11.3 Å². The van der Waals surface area contributed by atoms with Crippen LogP contribution in [0.5, 0.6) is 5.75 Å². The molecule has 2 rings (SSSR count). The Labute approximate surface area is 105 Å². The summed E-state index contributed by atoms with van der Waals surface area (Å²) in [6.07, 6.45) is 0. The number of hydrogen-bond acceptors (Lipinski definition) is 4. The van der Waals surface area contributed by atoms with Gasteiger partial charge in [-0.05, 0) is 41.6 Å². The number of nitrogens with one attached hydrogen (secondary N) is 1. The third kappa shape index (κ3) is 2.49. The van der Waals surface area contributed by atoms with Crippen molar-refractivity contribution in [2.75, 3.05) is 7.11 Å². The van der Waals surface area contributed by atoms with Crippen LogP contribution in [0.3, 0.4) is 0 Å². The van der Waals surface area contributed by atoms with E-state index < -0.39 is 0 Å². The molecule has 4 heteroatoms. The topological polar surface area (TPSA) is 47.3 Å².